The number of aromatic nitrogens is 2. The minimum absolute atomic E-state index is 0.212. The van der Waals surface area contributed by atoms with Crippen LogP contribution in [0.2, 0.25) is 0 Å². The fourth-order valence-corrected chi connectivity index (χ4v) is 4.49. The highest BCUT2D eigenvalue weighted by Gasteiger charge is 2.49. The van der Waals surface area contributed by atoms with Gasteiger partial charge in [0.15, 0.2) is 5.76 Å². The first-order valence-corrected chi connectivity index (χ1v) is 11.8. The standard InChI is InChI=1S/C28H28N4O3/c1-4-20-11-13-22(14-12-20)32-26(33)24-16-23(25-6-5-15-35-25)30-31(24)18-28(32,3)27(34)29-17-21-9-7-19(2)8-10-21/h5-16H,4,17-18H2,1-3H3,(H,29,34). The average Bonchev–Trinajstić information content (AvgIpc) is 3.54. The summed E-state index contributed by atoms with van der Waals surface area (Å²) in [5, 5.41) is 7.64. The quantitative estimate of drug-likeness (QED) is 0.443. The van der Waals surface area contributed by atoms with Crippen LogP contribution in [0.5, 0.6) is 0 Å². The summed E-state index contributed by atoms with van der Waals surface area (Å²) in [6.45, 7) is 6.48. The maximum absolute atomic E-state index is 13.8. The Morgan fingerprint density at radius 2 is 1.80 bits per heavy atom. The summed E-state index contributed by atoms with van der Waals surface area (Å²) in [5.74, 6) is 0.0505. The molecular weight excluding hydrogens is 440 g/mol. The van der Waals surface area contributed by atoms with Crippen molar-refractivity contribution >= 4 is 17.5 Å². The number of nitrogens with zero attached hydrogens (tertiary/aromatic N) is 3. The lowest BCUT2D eigenvalue weighted by atomic mass is 9.93. The number of carbonyl (C=O) groups is 2. The topological polar surface area (TPSA) is 80.4 Å². The van der Waals surface area contributed by atoms with Gasteiger partial charge in [0.25, 0.3) is 5.91 Å². The molecule has 0 bridgehead atoms. The Balaban J connectivity index is 1.52. The second kappa shape index (κ2) is 8.91. The Hall–Kier alpha value is -4.13. The molecule has 3 heterocycles. The molecule has 0 fully saturated rings. The number of fused-ring (bicyclic) bond motifs is 1. The van der Waals surface area contributed by atoms with Crippen LogP contribution in [0.3, 0.4) is 0 Å². The average molecular weight is 469 g/mol. The van der Waals surface area contributed by atoms with E-state index in [1.165, 1.54) is 0 Å². The summed E-state index contributed by atoms with van der Waals surface area (Å²) in [5.41, 5.74) is 3.78. The van der Waals surface area contributed by atoms with Gasteiger partial charge in [0.2, 0.25) is 5.91 Å². The lowest BCUT2D eigenvalue weighted by Gasteiger charge is -2.43. The van der Waals surface area contributed by atoms with Crippen molar-refractivity contribution < 1.29 is 14.0 Å². The molecule has 7 nitrogen and oxygen atoms in total. The van der Waals surface area contributed by atoms with E-state index in [0.717, 1.165) is 23.1 Å². The number of furan rings is 1. The van der Waals surface area contributed by atoms with E-state index in [4.69, 9.17) is 4.42 Å². The lowest BCUT2D eigenvalue weighted by molar-refractivity contribution is -0.126. The lowest BCUT2D eigenvalue weighted by Crippen LogP contribution is -2.64. The molecule has 2 aromatic heterocycles. The Kier molecular flexibility index (Phi) is 5.76. The number of anilines is 1. The predicted octanol–water partition coefficient (Wildman–Crippen LogP) is 4.75. The van der Waals surface area contributed by atoms with Gasteiger partial charge in [-0.2, -0.15) is 5.10 Å². The highest BCUT2D eigenvalue weighted by Crippen LogP contribution is 2.34. The van der Waals surface area contributed by atoms with E-state index in [-0.39, 0.29) is 18.4 Å². The zero-order valence-corrected chi connectivity index (χ0v) is 20.1. The third kappa shape index (κ3) is 4.14. The van der Waals surface area contributed by atoms with Gasteiger partial charge in [-0.25, -0.2) is 0 Å². The Morgan fingerprint density at radius 1 is 1.09 bits per heavy atom. The van der Waals surface area contributed by atoms with E-state index in [1.807, 2.05) is 55.5 Å². The van der Waals surface area contributed by atoms with E-state index >= 15 is 0 Å². The largest absolute Gasteiger partial charge is 0.463 e. The van der Waals surface area contributed by atoms with E-state index in [1.54, 1.807) is 41.0 Å². The van der Waals surface area contributed by atoms with Crippen LogP contribution in [0.1, 0.15) is 41.0 Å². The van der Waals surface area contributed by atoms with Gasteiger partial charge >= 0.3 is 0 Å². The second-order valence-electron chi connectivity index (χ2n) is 9.15. The van der Waals surface area contributed by atoms with Crippen molar-refractivity contribution in [3.05, 3.63) is 95.4 Å². The van der Waals surface area contributed by atoms with Crippen molar-refractivity contribution in [2.24, 2.45) is 0 Å². The summed E-state index contributed by atoms with van der Waals surface area (Å²) in [4.78, 5) is 29.1. The summed E-state index contributed by atoms with van der Waals surface area (Å²) in [6, 6.07) is 21.1. The number of amides is 2. The van der Waals surface area contributed by atoms with Crippen LogP contribution in [-0.2, 0) is 24.3 Å². The highest BCUT2D eigenvalue weighted by atomic mass is 16.3. The Morgan fingerprint density at radius 3 is 2.46 bits per heavy atom. The summed E-state index contributed by atoms with van der Waals surface area (Å²) < 4.78 is 7.10. The molecule has 0 spiro atoms. The van der Waals surface area contributed by atoms with E-state index in [2.05, 4.69) is 17.3 Å². The fraction of sp³-hybridized carbons (Fsp3) is 0.250. The van der Waals surface area contributed by atoms with Crippen molar-refractivity contribution in [1.29, 1.82) is 0 Å². The molecule has 0 aliphatic carbocycles. The first kappa shape index (κ1) is 22.7. The van der Waals surface area contributed by atoms with Crippen molar-refractivity contribution in [1.82, 2.24) is 15.1 Å². The third-order valence-electron chi connectivity index (χ3n) is 6.59. The number of hydrogen-bond donors (Lipinski definition) is 1. The molecule has 1 N–H and O–H groups in total. The second-order valence-corrected chi connectivity index (χ2v) is 9.15. The smallest absolute Gasteiger partial charge is 0.277 e. The molecule has 2 amide bonds. The minimum atomic E-state index is -1.19. The van der Waals surface area contributed by atoms with Gasteiger partial charge in [0.1, 0.15) is 16.9 Å². The first-order valence-electron chi connectivity index (χ1n) is 11.8. The number of nitrogens with one attached hydrogen (secondary N) is 1. The summed E-state index contributed by atoms with van der Waals surface area (Å²) >= 11 is 0. The molecule has 1 aliphatic heterocycles. The normalized spacial score (nSPS) is 17.3. The summed E-state index contributed by atoms with van der Waals surface area (Å²) in [7, 11) is 0. The van der Waals surface area contributed by atoms with Gasteiger partial charge in [-0.15, -0.1) is 0 Å². The molecule has 1 atom stereocenters. The van der Waals surface area contributed by atoms with Crippen molar-refractivity contribution in [2.45, 2.75) is 45.8 Å². The number of rotatable bonds is 6. The first-order chi connectivity index (χ1) is 16.9. The van der Waals surface area contributed by atoms with Crippen LogP contribution in [0.4, 0.5) is 5.69 Å². The Bertz CT molecular complexity index is 1350. The van der Waals surface area contributed by atoms with Gasteiger partial charge in [-0.05, 0) is 55.7 Å². The van der Waals surface area contributed by atoms with Gasteiger partial charge in [-0.1, -0.05) is 48.9 Å². The molecule has 35 heavy (non-hydrogen) atoms. The van der Waals surface area contributed by atoms with Gasteiger partial charge in [-0.3, -0.25) is 19.2 Å². The molecular formula is C28H28N4O3. The van der Waals surface area contributed by atoms with E-state index in [9.17, 15) is 9.59 Å². The molecule has 5 rings (SSSR count). The van der Waals surface area contributed by atoms with E-state index < -0.39 is 5.54 Å². The zero-order chi connectivity index (χ0) is 24.6. The molecule has 178 valence electrons. The van der Waals surface area contributed by atoms with Crippen LogP contribution in [0, 0.1) is 6.92 Å². The molecule has 0 saturated carbocycles. The molecule has 2 aromatic carbocycles. The number of benzene rings is 2. The number of hydrogen-bond acceptors (Lipinski definition) is 4. The van der Waals surface area contributed by atoms with Gasteiger partial charge in [0, 0.05) is 18.3 Å². The zero-order valence-electron chi connectivity index (χ0n) is 20.1. The SMILES string of the molecule is CCc1ccc(N2C(=O)c3cc(-c4ccco4)nn3CC2(C)C(=O)NCc2ccc(C)cc2)cc1. The van der Waals surface area contributed by atoms with Gasteiger partial charge < -0.3 is 9.73 Å². The predicted molar refractivity (Wildman–Crippen MR) is 134 cm³/mol. The van der Waals surface area contributed by atoms with Crippen molar-refractivity contribution in [3.63, 3.8) is 0 Å². The van der Waals surface area contributed by atoms with Crippen molar-refractivity contribution in [2.75, 3.05) is 4.90 Å². The molecule has 0 saturated heterocycles. The molecule has 1 aliphatic rings. The van der Waals surface area contributed by atoms with Crippen molar-refractivity contribution in [3.8, 4) is 11.5 Å². The maximum Gasteiger partial charge on any atom is 0.277 e. The van der Waals surface area contributed by atoms with E-state index in [0.29, 0.717) is 29.4 Å². The van der Waals surface area contributed by atoms with Crippen LogP contribution >= 0.6 is 0 Å². The molecule has 4 aromatic rings. The maximum atomic E-state index is 13.8. The van der Waals surface area contributed by atoms with Crippen LogP contribution < -0.4 is 10.2 Å². The molecule has 0 radical (unpaired) electrons. The number of aryl methyl sites for hydroxylation is 2. The van der Waals surface area contributed by atoms with Crippen LogP contribution in [0.15, 0.2) is 77.4 Å². The minimum Gasteiger partial charge on any atom is -0.463 e. The van der Waals surface area contributed by atoms with Gasteiger partial charge in [0.05, 0.1) is 12.8 Å². The third-order valence-corrected chi connectivity index (χ3v) is 6.59. The van der Waals surface area contributed by atoms with Crippen LogP contribution in [-0.4, -0.2) is 27.1 Å². The van der Waals surface area contributed by atoms with Crippen LogP contribution in [0.25, 0.3) is 11.5 Å². The highest BCUT2D eigenvalue weighted by molar-refractivity contribution is 6.12. The fourth-order valence-electron chi connectivity index (χ4n) is 4.49. The monoisotopic (exact) mass is 468 g/mol. The molecule has 7 heteroatoms. The molecule has 1 unspecified atom stereocenters. The Labute approximate surface area is 204 Å². The number of carbonyl (C=O) groups excluding carboxylic acids is 2. The summed E-state index contributed by atoms with van der Waals surface area (Å²) in [6.07, 6.45) is 2.46.